The van der Waals surface area contributed by atoms with Crippen molar-refractivity contribution in [3.63, 3.8) is 0 Å². The van der Waals surface area contributed by atoms with Crippen LogP contribution in [0.4, 0.5) is 17.2 Å². The minimum atomic E-state index is -3.69. The van der Waals surface area contributed by atoms with Crippen molar-refractivity contribution in [2.75, 3.05) is 31.9 Å². The standard InChI is InChI=1S/C24H24N4O4S/c1-25-16-7-6-8-20(13-16)33(29,30)15-23-24(28-22-10-5-4-9-21(22)27-23)26-17-11-18(31-2)14-19(12-17)32-3/h4-14,25H,15H2,1-3H3,(H,26,28). The van der Waals surface area contributed by atoms with Crippen LogP contribution >= 0.6 is 0 Å². The molecule has 3 aromatic carbocycles. The molecule has 0 amide bonds. The minimum absolute atomic E-state index is 0.207. The fraction of sp³-hybridized carbons (Fsp3) is 0.167. The van der Waals surface area contributed by atoms with Gasteiger partial charge in [-0.3, -0.25) is 0 Å². The van der Waals surface area contributed by atoms with Gasteiger partial charge in [0.15, 0.2) is 15.7 Å². The molecule has 170 valence electrons. The Hall–Kier alpha value is -3.85. The molecule has 0 atom stereocenters. The molecule has 0 spiro atoms. The zero-order valence-electron chi connectivity index (χ0n) is 18.5. The molecule has 4 rings (SSSR count). The number of rotatable bonds is 8. The number of para-hydroxylation sites is 2. The number of nitrogens with one attached hydrogen (secondary N) is 2. The fourth-order valence-corrected chi connectivity index (χ4v) is 4.68. The van der Waals surface area contributed by atoms with E-state index < -0.39 is 9.84 Å². The van der Waals surface area contributed by atoms with Crippen LogP contribution < -0.4 is 20.1 Å². The lowest BCUT2D eigenvalue weighted by atomic mass is 10.2. The van der Waals surface area contributed by atoms with Crippen LogP contribution in [0.5, 0.6) is 11.5 Å². The molecular weight excluding hydrogens is 440 g/mol. The maximum atomic E-state index is 13.2. The number of hydrogen-bond donors (Lipinski definition) is 2. The second-order valence-corrected chi connectivity index (χ2v) is 9.26. The molecule has 0 aliphatic carbocycles. The van der Waals surface area contributed by atoms with Crippen molar-refractivity contribution < 1.29 is 17.9 Å². The number of fused-ring (bicyclic) bond motifs is 1. The molecule has 1 heterocycles. The van der Waals surface area contributed by atoms with Gasteiger partial charge in [-0.15, -0.1) is 0 Å². The Morgan fingerprint density at radius 3 is 2.12 bits per heavy atom. The van der Waals surface area contributed by atoms with Crippen molar-refractivity contribution in [3.05, 3.63) is 72.4 Å². The molecule has 2 N–H and O–H groups in total. The van der Waals surface area contributed by atoms with Gasteiger partial charge in [0.2, 0.25) is 0 Å². The van der Waals surface area contributed by atoms with E-state index in [2.05, 4.69) is 20.6 Å². The Morgan fingerprint density at radius 2 is 1.48 bits per heavy atom. The summed E-state index contributed by atoms with van der Waals surface area (Å²) in [5.41, 5.74) is 2.91. The SMILES string of the molecule is CNc1cccc(S(=O)(=O)Cc2nc3ccccc3nc2Nc2cc(OC)cc(OC)c2)c1. The summed E-state index contributed by atoms with van der Waals surface area (Å²) in [5.74, 6) is 1.20. The van der Waals surface area contributed by atoms with Gasteiger partial charge in [-0.25, -0.2) is 18.4 Å². The van der Waals surface area contributed by atoms with Crippen molar-refractivity contribution in [1.82, 2.24) is 9.97 Å². The average Bonchev–Trinajstić information content (AvgIpc) is 2.84. The van der Waals surface area contributed by atoms with Crippen molar-refractivity contribution in [3.8, 4) is 11.5 Å². The first kappa shape index (κ1) is 22.3. The van der Waals surface area contributed by atoms with E-state index in [4.69, 9.17) is 9.47 Å². The topological polar surface area (TPSA) is 102 Å². The normalized spacial score (nSPS) is 11.2. The van der Waals surface area contributed by atoms with Crippen molar-refractivity contribution >= 4 is 38.1 Å². The number of aromatic nitrogens is 2. The van der Waals surface area contributed by atoms with E-state index in [0.717, 1.165) is 0 Å². The van der Waals surface area contributed by atoms with Crippen molar-refractivity contribution in [2.45, 2.75) is 10.6 Å². The Labute approximate surface area is 192 Å². The van der Waals surface area contributed by atoms with E-state index in [1.54, 1.807) is 69.8 Å². The maximum Gasteiger partial charge on any atom is 0.184 e. The molecule has 0 aliphatic heterocycles. The molecule has 0 radical (unpaired) electrons. The lowest BCUT2D eigenvalue weighted by Gasteiger charge is -2.14. The molecule has 0 aliphatic rings. The van der Waals surface area contributed by atoms with Gasteiger partial charge in [-0.05, 0) is 30.3 Å². The van der Waals surface area contributed by atoms with Crippen LogP contribution in [0.2, 0.25) is 0 Å². The number of benzene rings is 3. The third-order valence-electron chi connectivity index (χ3n) is 5.07. The highest BCUT2D eigenvalue weighted by Crippen LogP contribution is 2.30. The summed E-state index contributed by atoms with van der Waals surface area (Å²) >= 11 is 0. The van der Waals surface area contributed by atoms with Gasteiger partial charge in [0, 0.05) is 36.6 Å². The molecule has 8 nitrogen and oxygen atoms in total. The molecule has 0 saturated heterocycles. The molecule has 0 unspecified atom stereocenters. The summed E-state index contributed by atoms with van der Waals surface area (Å²) in [5, 5.41) is 6.16. The third kappa shape index (κ3) is 4.98. The molecule has 1 aromatic heterocycles. The van der Waals surface area contributed by atoms with E-state index in [0.29, 0.717) is 45.4 Å². The number of sulfone groups is 1. The predicted molar refractivity (Wildman–Crippen MR) is 129 cm³/mol. The van der Waals surface area contributed by atoms with Crippen LogP contribution in [0.1, 0.15) is 5.69 Å². The van der Waals surface area contributed by atoms with Gasteiger partial charge < -0.3 is 20.1 Å². The van der Waals surface area contributed by atoms with Gasteiger partial charge in [0.05, 0.1) is 35.8 Å². The summed E-state index contributed by atoms with van der Waals surface area (Å²) in [6.07, 6.45) is 0. The minimum Gasteiger partial charge on any atom is -0.497 e. The smallest absolute Gasteiger partial charge is 0.184 e. The van der Waals surface area contributed by atoms with Gasteiger partial charge in [-0.2, -0.15) is 0 Å². The molecule has 33 heavy (non-hydrogen) atoms. The van der Waals surface area contributed by atoms with Crippen LogP contribution in [0.3, 0.4) is 0 Å². The largest absolute Gasteiger partial charge is 0.497 e. The summed E-state index contributed by atoms with van der Waals surface area (Å²) < 4.78 is 37.2. The Balaban J connectivity index is 1.78. The average molecular weight is 465 g/mol. The number of ether oxygens (including phenoxy) is 2. The van der Waals surface area contributed by atoms with E-state index in [1.807, 2.05) is 18.2 Å². The van der Waals surface area contributed by atoms with Crippen LogP contribution in [0, 0.1) is 0 Å². The molecule has 9 heteroatoms. The van der Waals surface area contributed by atoms with E-state index >= 15 is 0 Å². The van der Waals surface area contributed by atoms with Crippen LogP contribution in [0.25, 0.3) is 11.0 Å². The first-order valence-corrected chi connectivity index (χ1v) is 11.8. The highest BCUT2D eigenvalue weighted by molar-refractivity contribution is 7.90. The molecule has 0 saturated carbocycles. The first-order valence-electron chi connectivity index (χ1n) is 10.2. The Bertz CT molecular complexity index is 1380. The fourth-order valence-electron chi connectivity index (χ4n) is 3.36. The molecular formula is C24H24N4O4S. The first-order chi connectivity index (χ1) is 15.9. The molecule has 4 aromatic rings. The summed E-state index contributed by atoms with van der Waals surface area (Å²) in [7, 11) is 1.18. The summed E-state index contributed by atoms with van der Waals surface area (Å²) in [6.45, 7) is 0. The second-order valence-electron chi connectivity index (χ2n) is 7.27. The number of methoxy groups -OCH3 is 2. The number of anilines is 3. The van der Waals surface area contributed by atoms with Crippen molar-refractivity contribution in [2.24, 2.45) is 0 Å². The zero-order valence-corrected chi connectivity index (χ0v) is 19.3. The lowest BCUT2D eigenvalue weighted by molar-refractivity contribution is 0.395. The van der Waals surface area contributed by atoms with Gasteiger partial charge in [-0.1, -0.05) is 18.2 Å². The number of hydrogen-bond acceptors (Lipinski definition) is 8. The van der Waals surface area contributed by atoms with E-state index in [9.17, 15) is 8.42 Å². The van der Waals surface area contributed by atoms with Gasteiger partial charge >= 0.3 is 0 Å². The van der Waals surface area contributed by atoms with Gasteiger partial charge in [0.1, 0.15) is 17.3 Å². The molecule has 0 fully saturated rings. The highest BCUT2D eigenvalue weighted by Gasteiger charge is 2.21. The lowest BCUT2D eigenvalue weighted by Crippen LogP contribution is -2.11. The van der Waals surface area contributed by atoms with Crippen LogP contribution in [-0.4, -0.2) is 39.7 Å². The zero-order chi connectivity index (χ0) is 23.4. The maximum absolute atomic E-state index is 13.2. The third-order valence-corrected chi connectivity index (χ3v) is 6.69. The summed E-state index contributed by atoms with van der Waals surface area (Å²) in [6, 6.07) is 19.3. The van der Waals surface area contributed by atoms with Gasteiger partial charge in [0.25, 0.3) is 0 Å². The van der Waals surface area contributed by atoms with E-state index in [1.165, 1.54) is 0 Å². The predicted octanol–water partition coefficient (Wildman–Crippen LogP) is 4.41. The van der Waals surface area contributed by atoms with Crippen LogP contribution in [-0.2, 0) is 15.6 Å². The Morgan fingerprint density at radius 1 is 0.818 bits per heavy atom. The Kier molecular flexibility index (Phi) is 6.32. The number of nitrogens with zero attached hydrogens (tertiary/aromatic N) is 2. The second kappa shape index (κ2) is 9.33. The monoisotopic (exact) mass is 464 g/mol. The quantitative estimate of drug-likeness (QED) is 0.395. The van der Waals surface area contributed by atoms with Crippen molar-refractivity contribution in [1.29, 1.82) is 0 Å². The highest BCUT2D eigenvalue weighted by atomic mass is 32.2. The van der Waals surface area contributed by atoms with Crippen LogP contribution in [0.15, 0.2) is 71.6 Å². The summed E-state index contributed by atoms with van der Waals surface area (Å²) in [4.78, 5) is 9.50. The molecule has 0 bridgehead atoms. The van der Waals surface area contributed by atoms with E-state index in [-0.39, 0.29) is 10.6 Å².